The molecule has 0 spiro atoms. The highest BCUT2D eigenvalue weighted by atomic mass is 16.3. The van der Waals surface area contributed by atoms with Crippen molar-refractivity contribution in [1.82, 2.24) is 15.5 Å². The van der Waals surface area contributed by atoms with E-state index in [4.69, 9.17) is 0 Å². The van der Waals surface area contributed by atoms with Gasteiger partial charge in [-0.15, -0.1) is 0 Å². The molecule has 5 nitrogen and oxygen atoms in total. The molecule has 1 aliphatic heterocycles. The van der Waals surface area contributed by atoms with E-state index < -0.39 is 5.60 Å². The molecule has 1 aromatic rings. The Morgan fingerprint density at radius 1 is 1.14 bits per heavy atom. The number of likely N-dealkylation sites (tertiary alicyclic amines) is 1. The van der Waals surface area contributed by atoms with Crippen molar-refractivity contribution >= 4 is 6.03 Å². The van der Waals surface area contributed by atoms with Gasteiger partial charge in [-0.1, -0.05) is 30.3 Å². The molecular formula is C23H33N3O2. The van der Waals surface area contributed by atoms with E-state index >= 15 is 0 Å². The molecule has 1 aromatic carbocycles. The Hall–Kier alpha value is -1.59. The third-order valence-electron chi connectivity index (χ3n) is 7.68. The van der Waals surface area contributed by atoms with E-state index in [2.05, 4.69) is 46.7 Å². The van der Waals surface area contributed by atoms with Gasteiger partial charge in [0.1, 0.15) is 0 Å². The summed E-state index contributed by atoms with van der Waals surface area (Å²) in [6.07, 6.45) is 6.92. The van der Waals surface area contributed by atoms with Crippen LogP contribution in [0.4, 0.5) is 4.79 Å². The number of rotatable bonds is 4. The average Bonchev–Trinajstić information content (AvgIpc) is 2.91. The Morgan fingerprint density at radius 3 is 2.54 bits per heavy atom. The van der Waals surface area contributed by atoms with Crippen LogP contribution in [0.5, 0.6) is 0 Å². The Bertz CT molecular complexity index is 723. The van der Waals surface area contributed by atoms with Crippen LogP contribution in [0.1, 0.15) is 57.4 Å². The first-order valence-electron chi connectivity index (χ1n) is 11.0. The lowest BCUT2D eigenvalue weighted by molar-refractivity contribution is -0.139. The molecule has 0 aromatic heterocycles. The highest BCUT2D eigenvalue weighted by Gasteiger charge is 2.57. The number of hydrogen-bond donors (Lipinski definition) is 3. The minimum Gasteiger partial charge on any atom is -0.390 e. The summed E-state index contributed by atoms with van der Waals surface area (Å²) in [6.45, 7) is 4.07. The molecule has 5 aliphatic rings. The molecule has 2 amide bonds. The van der Waals surface area contributed by atoms with Crippen LogP contribution in [0.25, 0.3) is 0 Å². The van der Waals surface area contributed by atoms with E-state index in [1.807, 2.05) is 6.07 Å². The molecule has 5 heteroatoms. The fraction of sp³-hybridized carbons (Fsp3) is 0.696. The maximum Gasteiger partial charge on any atom is 0.315 e. The quantitative estimate of drug-likeness (QED) is 0.749. The molecule has 6 rings (SSSR count). The summed E-state index contributed by atoms with van der Waals surface area (Å²) in [5.41, 5.74) is 0.601. The second kappa shape index (κ2) is 6.74. The lowest BCUT2D eigenvalue weighted by Gasteiger charge is -2.60. The first-order chi connectivity index (χ1) is 13.4. The van der Waals surface area contributed by atoms with Gasteiger partial charge in [-0.25, -0.2) is 4.79 Å². The first kappa shape index (κ1) is 18.4. The van der Waals surface area contributed by atoms with Crippen LogP contribution in [0.15, 0.2) is 30.3 Å². The van der Waals surface area contributed by atoms with Crippen molar-refractivity contribution in [2.45, 2.75) is 81.6 Å². The van der Waals surface area contributed by atoms with Crippen LogP contribution in [0, 0.1) is 11.8 Å². The van der Waals surface area contributed by atoms with E-state index in [9.17, 15) is 9.90 Å². The molecule has 4 aliphatic carbocycles. The van der Waals surface area contributed by atoms with Crippen LogP contribution in [0.2, 0.25) is 0 Å². The second-order valence-corrected chi connectivity index (χ2v) is 10.3. The molecule has 28 heavy (non-hydrogen) atoms. The molecule has 1 heterocycles. The molecule has 4 atom stereocenters. The van der Waals surface area contributed by atoms with Gasteiger partial charge < -0.3 is 15.7 Å². The summed E-state index contributed by atoms with van der Waals surface area (Å²) >= 11 is 0. The highest BCUT2D eigenvalue weighted by Crippen LogP contribution is 2.57. The van der Waals surface area contributed by atoms with Crippen molar-refractivity contribution in [2.75, 3.05) is 6.54 Å². The third-order valence-corrected chi connectivity index (χ3v) is 7.68. The molecule has 4 bridgehead atoms. The number of carbonyl (C=O) groups is 1. The number of benzene rings is 1. The predicted octanol–water partition coefficient (Wildman–Crippen LogP) is 3.03. The van der Waals surface area contributed by atoms with Gasteiger partial charge in [-0.2, -0.15) is 0 Å². The van der Waals surface area contributed by atoms with Crippen molar-refractivity contribution in [2.24, 2.45) is 11.8 Å². The number of carbonyl (C=O) groups excluding carboxylic acids is 1. The van der Waals surface area contributed by atoms with E-state index in [1.165, 1.54) is 12.0 Å². The van der Waals surface area contributed by atoms with Gasteiger partial charge in [0.15, 0.2) is 0 Å². The summed E-state index contributed by atoms with van der Waals surface area (Å²) in [7, 11) is 0. The smallest absolute Gasteiger partial charge is 0.315 e. The average molecular weight is 384 g/mol. The highest BCUT2D eigenvalue weighted by molar-refractivity contribution is 5.75. The minimum absolute atomic E-state index is 0.0377. The summed E-state index contributed by atoms with van der Waals surface area (Å²) < 4.78 is 0. The molecule has 1 saturated heterocycles. The maximum atomic E-state index is 12.8. The van der Waals surface area contributed by atoms with Gasteiger partial charge in [0, 0.05) is 30.7 Å². The number of hydrogen-bond acceptors (Lipinski definition) is 3. The lowest BCUT2D eigenvalue weighted by Crippen LogP contribution is -2.66. The van der Waals surface area contributed by atoms with E-state index in [0.29, 0.717) is 17.9 Å². The van der Waals surface area contributed by atoms with Crippen molar-refractivity contribution in [1.29, 1.82) is 0 Å². The van der Waals surface area contributed by atoms with Crippen molar-refractivity contribution in [3.8, 4) is 0 Å². The Kier molecular flexibility index (Phi) is 4.44. The Morgan fingerprint density at radius 2 is 1.86 bits per heavy atom. The van der Waals surface area contributed by atoms with Gasteiger partial charge in [0.25, 0.3) is 0 Å². The molecule has 0 radical (unpaired) electrons. The number of nitrogens with zero attached hydrogens (tertiary/aromatic N) is 1. The van der Waals surface area contributed by atoms with Gasteiger partial charge in [0.05, 0.1) is 5.60 Å². The summed E-state index contributed by atoms with van der Waals surface area (Å²) in [5, 5.41) is 17.5. The fourth-order valence-electron chi connectivity index (χ4n) is 7.06. The van der Waals surface area contributed by atoms with Crippen LogP contribution in [-0.2, 0) is 6.54 Å². The summed E-state index contributed by atoms with van der Waals surface area (Å²) in [5.74, 6) is 1.17. The first-order valence-corrected chi connectivity index (χ1v) is 11.0. The second-order valence-electron chi connectivity index (χ2n) is 10.3. The maximum absolute atomic E-state index is 12.8. The minimum atomic E-state index is -0.536. The van der Waals surface area contributed by atoms with Crippen LogP contribution in [-0.4, -0.2) is 45.8 Å². The van der Waals surface area contributed by atoms with Gasteiger partial charge >= 0.3 is 6.03 Å². The molecule has 4 unspecified atom stereocenters. The van der Waals surface area contributed by atoms with Gasteiger partial charge in [0.2, 0.25) is 0 Å². The molecule has 4 saturated carbocycles. The number of urea groups is 1. The molecule has 5 fully saturated rings. The monoisotopic (exact) mass is 383 g/mol. The van der Waals surface area contributed by atoms with Gasteiger partial charge in [-0.05, 0) is 69.3 Å². The number of amides is 2. The van der Waals surface area contributed by atoms with Crippen LogP contribution < -0.4 is 10.6 Å². The summed E-state index contributed by atoms with van der Waals surface area (Å²) in [4.78, 5) is 15.3. The van der Waals surface area contributed by atoms with E-state index in [0.717, 1.165) is 51.6 Å². The topological polar surface area (TPSA) is 64.6 Å². The third kappa shape index (κ3) is 3.55. The van der Waals surface area contributed by atoms with Crippen molar-refractivity contribution in [3.05, 3.63) is 35.9 Å². The zero-order valence-electron chi connectivity index (χ0n) is 16.9. The largest absolute Gasteiger partial charge is 0.390 e. The number of nitrogens with one attached hydrogen (secondary N) is 2. The predicted molar refractivity (Wildman–Crippen MR) is 109 cm³/mol. The molecular weight excluding hydrogens is 350 g/mol. The van der Waals surface area contributed by atoms with E-state index in [-0.39, 0.29) is 17.6 Å². The van der Waals surface area contributed by atoms with Gasteiger partial charge in [-0.3, -0.25) is 4.90 Å². The number of aliphatic hydroxyl groups is 1. The summed E-state index contributed by atoms with van der Waals surface area (Å²) in [6, 6.07) is 11.2. The van der Waals surface area contributed by atoms with Crippen LogP contribution in [0.3, 0.4) is 0 Å². The molecule has 152 valence electrons. The SMILES string of the molecule is CC1CC(NC(=O)NC23CC4CC(CC(O)(C4)C2)C3)CN1Cc1ccccc1. The van der Waals surface area contributed by atoms with Crippen LogP contribution >= 0.6 is 0 Å². The lowest BCUT2D eigenvalue weighted by atomic mass is 9.51. The Labute approximate surface area is 167 Å². The van der Waals surface area contributed by atoms with Crippen molar-refractivity contribution in [3.63, 3.8) is 0 Å². The zero-order valence-corrected chi connectivity index (χ0v) is 16.9. The fourth-order valence-corrected chi connectivity index (χ4v) is 7.06. The normalized spacial score (nSPS) is 41.9. The standard InChI is InChI=1S/C23H33N3O2/c1-16-7-20(14-26(16)13-17-5-3-2-4-6-17)24-21(27)25-22-9-18-8-19(10-22)12-23(28,11-18)15-22/h2-6,16,18-20,28H,7-15H2,1H3,(H2,24,25,27). The van der Waals surface area contributed by atoms with E-state index in [1.54, 1.807) is 0 Å². The zero-order chi connectivity index (χ0) is 19.4. The van der Waals surface area contributed by atoms with Crippen molar-refractivity contribution < 1.29 is 9.90 Å². The Balaban J connectivity index is 1.18. The molecule has 3 N–H and O–H groups in total.